The van der Waals surface area contributed by atoms with Crippen LogP contribution in [0.1, 0.15) is 119 Å². The predicted molar refractivity (Wildman–Crippen MR) is 352 cm³/mol. The molecule has 0 spiro atoms. The summed E-state index contributed by atoms with van der Waals surface area (Å²) in [6.45, 7) is 17.6. The topological polar surface area (TPSA) is 215 Å². The van der Waals surface area contributed by atoms with Gasteiger partial charge in [0.1, 0.15) is 29.5 Å². The van der Waals surface area contributed by atoms with Crippen LogP contribution in [0.4, 0.5) is 31.8 Å². The van der Waals surface area contributed by atoms with Crippen LogP contribution in [0.5, 0.6) is 45.3 Å². The van der Waals surface area contributed by atoms with Gasteiger partial charge < -0.3 is 59.9 Å². The molecular formula is C69H85N9O10S. The molecule has 9 rings (SSSR count). The lowest BCUT2D eigenvalue weighted by atomic mass is 10.1. The van der Waals surface area contributed by atoms with Crippen molar-refractivity contribution in [2.75, 3.05) is 61.7 Å². The number of ether oxygens (including phenoxy) is 6. The van der Waals surface area contributed by atoms with E-state index in [-0.39, 0.29) is 48.2 Å². The highest BCUT2D eigenvalue weighted by molar-refractivity contribution is 7.17. The Morgan fingerprint density at radius 1 is 0.528 bits per heavy atom. The number of urea groups is 2. The second-order valence-electron chi connectivity index (χ2n) is 22.2. The molecule has 0 bridgehead atoms. The molecule has 0 atom stereocenters. The number of thiazole rings is 1. The fraction of sp³-hybridized carbons (Fsp3) is 0.377. The summed E-state index contributed by atoms with van der Waals surface area (Å²) < 4.78 is 35.4. The van der Waals surface area contributed by atoms with Crippen LogP contribution in [0.15, 0.2) is 146 Å². The number of methoxy groups -OCH3 is 2. The zero-order chi connectivity index (χ0) is 63.1. The number of aromatic nitrogens is 1. The molecule has 472 valence electrons. The van der Waals surface area contributed by atoms with Gasteiger partial charge in [-0.05, 0) is 162 Å². The SMILES string of the molecule is CCC(CC)NC(=O)Nc1ccc(OC)c(Oc2ccc(NC(=O)c3cccc(OC4CCN(C(C)C)CC4)c3)cc2)c1.CCC(CC)NC(=O)Nc1ccc(Oc2cnc(NC(=O)c3ccc(OC4CCN(Cc5ccccc5)CC4)cc3)s2)c(OC)c1. The molecule has 6 aromatic carbocycles. The first-order valence-corrected chi connectivity index (χ1v) is 31.6. The molecule has 0 radical (unpaired) electrons. The zero-order valence-electron chi connectivity index (χ0n) is 52.3. The standard InChI is InChI=1S/C35H41N5O5S.C34H44N4O5/c1-4-26(5-2)37-34(42)38-27-13-16-30(31(21-27)43-3)45-32-22-36-35(46-32)39-33(41)25-11-14-28(15-12-25)44-29-17-19-40(20-18-29)23-24-9-7-6-8-10-24;1-6-25(7-2)36-34(40)37-27-13-16-31(41-5)32(22-27)43-28-14-11-26(12-15-28)35-33(39)24-9-8-10-30(21-24)42-29-17-19-38(20-18-29)23(3)4/h6-16,21-22,26,29H,4-5,17-20,23H2,1-3H3,(H,36,39,41)(H2,37,38,42);8-16,21-23,25,29H,6-7,17-20H2,1-5H3,(H,35,39)(H2,36,37,40). The van der Waals surface area contributed by atoms with E-state index in [1.165, 1.54) is 30.2 Å². The van der Waals surface area contributed by atoms with Gasteiger partial charge in [-0.3, -0.25) is 19.8 Å². The molecule has 2 fully saturated rings. The number of likely N-dealkylation sites (tertiary alicyclic amines) is 2. The third kappa shape index (κ3) is 20.4. The third-order valence-corrected chi connectivity index (χ3v) is 16.3. The summed E-state index contributed by atoms with van der Waals surface area (Å²) >= 11 is 1.19. The van der Waals surface area contributed by atoms with Crippen molar-refractivity contribution in [2.45, 2.75) is 130 Å². The summed E-state index contributed by atoms with van der Waals surface area (Å²) in [7, 11) is 3.09. The van der Waals surface area contributed by atoms with Gasteiger partial charge in [-0.15, -0.1) is 0 Å². The average molecular weight is 1230 g/mol. The van der Waals surface area contributed by atoms with E-state index in [0.717, 1.165) is 89.8 Å². The van der Waals surface area contributed by atoms with Crippen LogP contribution in [0.25, 0.3) is 0 Å². The van der Waals surface area contributed by atoms with Crippen molar-refractivity contribution >= 4 is 57.4 Å². The molecule has 0 unspecified atom stereocenters. The summed E-state index contributed by atoms with van der Waals surface area (Å²) in [6, 6.07) is 42.7. The van der Waals surface area contributed by atoms with E-state index in [1.807, 2.05) is 58.0 Å². The lowest BCUT2D eigenvalue weighted by Crippen LogP contribution is -2.41. The second kappa shape index (κ2) is 33.5. The number of nitrogens with one attached hydrogen (secondary N) is 6. The van der Waals surface area contributed by atoms with Gasteiger partial charge in [0.15, 0.2) is 28.1 Å². The van der Waals surface area contributed by atoms with Crippen molar-refractivity contribution in [3.05, 3.63) is 162 Å². The number of hydrogen-bond acceptors (Lipinski definition) is 14. The molecule has 3 heterocycles. The quantitative estimate of drug-likeness (QED) is 0.0314. The molecule has 1 aromatic heterocycles. The largest absolute Gasteiger partial charge is 0.493 e. The lowest BCUT2D eigenvalue weighted by molar-refractivity contribution is 0.0840. The Kier molecular flexibility index (Phi) is 24.9. The van der Waals surface area contributed by atoms with E-state index in [1.54, 1.807) is 92.0 Å². The van der Waals surface area contributed by atoms with Gasteiger partial charge in [0.25, 0.3) is 11.8 Å². The van der Waals surface area contributed by atoms with E-state index in [0.29, 0.717) is 78.9 Å². The number of benzene rings is 6. The Hall–Kier alpha value is -8.85. The summed E-state index contributed by atoms with van der Waals surface area (Å²) in [5.74, 6) is 3.38. The van der Waals surface area contributed by atoms with Crippen molar-refractivity contribution < 1.29 is 47.6 Å². The zero-order valence-corrected chi connectivity index (χ0v) is 53.1. The highest BCUT2D eigenvalue weighted by atomic mass is 32.1. The van der Waals surface area contributed by atoms with Gasteiger partial charge in [-0.1, -0.05) is 75.4 Å². The number of rotatable bonds is 25. The van der Waals surface area contributed by atoms with E-state index in [9.17, 15) is 19.2 Å². The Morgan fingerprint density at radius 2 is 1.08 bits per heavy atom. The fourth-order valence-corrected chi connectivity index (χ4v) is 10.9. The molecule has 0 saturated carbocycles. The van der Waals surface area contributed by atoms with Gasteiger partial charge >= 0.3 is 12.1 Å². The number of nitrogens with zero attached hydrogens (tertiary/aromatic N) is 3. The lowest BCUT2D eigenvalue weighted by Gasteiger charge is -2.34. The van der Waals surface area contributed by atoms with Crippen LogP contribution in [0.2, 0.25) is 0 Å². The molecule has 89 heavy (non-hydrogen) atoms. The summed E-state index contributed by atoms with van der Waals surface area (Å²) in [4.78, 5) is 59.8. The number of carbonyl (C=O) groups is 4. The number of carbonyl (C=O) groups excluding carboxylic acids is 4. The molecule has 7 aromatic rings. The highest BCUT2D eigenvalue weighted by Crippen LogP contribution is 2.38. The molecule has 2 aliphatic rings. The maximum Gasteiger partial charge on any atom is 0.319 e. The Morgan fingerprint density at radius 3 is 1.67 bits per heavy atom. The predicted octanol–water partition coefficient (Wildman–Crippen LogP) is 14.9. The number of amides is 6. The molecule has 6 amide bonds. The van der Waals surface area contributed by atoms with Crippen molar-refractivity contribution in [2.24, 2.45) is 0 Å². The monoisotopic (exact) mass is 1230 g/mol. The Labute approximate surface area is 527 Å². The first-order valence-electron chi connectivity index (χ1n) is 30.8. The minimum absolute atomic E-state index is 0.114. The maximum absolute atomic E-state index is 13.0. The smallest absolute Gasteiger partial charge is 0.319 e. The first-order chi connectivity index (χ1) is 43.2. The molecule has 2 saturated heterocycles. The number of anilines is 4. The van der Waals surface area contributed by atoms with Crippen molar-refractivity contribution in [1.29, 1.82) is 0 Å². The van der Waals surface area contributed by atoms with E-state index >= 15 is 0 Å². The molecule has 20 heteroatoms. The normalized spacial score (nSPS) is 13.8. The highest BCUT2D eigenvalue weighted by Gasteiger charge is 2.24. The van der Waals surface area contributed by atoms with Crippen LogP contribution < -0.4 is 60.3 Å². The van der Waals surface area contributed by atoms with E-state index < -0.39 is 0 Å². The van der Waals surface area contributed by atoms with Gasteiger partial charge in [-0.2, -0.15) is 0 Å². The van der Waals surface area contributed by atoms with E-state index in [4.69, 9.17) is 28.4 Å². The second-order valence-corrected chi connectivity index (χ2v) is 23.1. The van der Waals surface area contributed by atoms with Crippen molar-refractivity contribution in [3.63, 3.8) is 0 Å². The number of piperidine rings is 2. The van der Waals surface area contributed by atoms with Gasteiger partial charge in [0, 0.05) is 91.2 Å². The van der Waals surface area contributed by atoms with Gasteiger partial charge in [0.05, 0.1) is 20.4 Å². The minimum atomic E-state index is -0.277. The summed E-state index contributed by atoms with van der Waals surface area (Å²) in [6.07, 6.45) is 9.16. The van der Waals surface area contributed by atoms with Crippen molar-refractivity contribution in [1.82, 2.24) is 25.4 Å². The minimum Gasteiger partial charge on any atom is -0.493 e. The average Bonchev–Trinajstić information content (AvgIpc) is 4.11. The molecule has 19 nitrogen and oxygen atoms in total. The van der Waals surface area contributed by atoms with Crippen LogP contribution in [0, 0.1) is 0 Å². The molecule has 2 aliphatic heterocycles. The Balaban J connectivity index is 0.000000231. The molecule has 6 N–H and O–H groups in total. The van der Waals surface area contributed by atoms with Crippen molar-refractivity contribution in [3.8, 4) is 45.3 Å². The third-order valence-electron chi connectivity index (χ3n) is 15.5. The molecular weight excluding hydrogens is 1150 g/mol. The fourth-order valence-electron chi connectivity index (χ4n) is 10.3. The summed E-state index contributed by atoms with van der Waals surface area (Å²) in [5, 5.41) is 18.2. The van der Waals surface area contributed by atoms with Crippen LogP contribution in [-0.4, -0.2) is 109 Å². The maximum atomic E-state index is 13.0. The van der Waals surface area contributed by atoms with Crippen LogP contribution in [0.3, 0.4) is 0 Å². The summed E-state index contributed by atoms with van der Waals surface area (Å²) in [5.41, 5.74) is 4.14. The van der Waals surface area contributed by atoms with E-state index in [2.05, 4.69) is 84.8 Å². The van der Waals surface area contributed by atoms with Crippen LogP contribution >= 0.6 is 11.3 Å². The number of hydrogen-bond donors (Lipinski definition) is 6. The van der Waals surface area contributed by atoms with Gasteiger partial charge in [-0.25, -0.2) is 14.6 Å². The van der Waals surface area contributed by atoms with Crippen LogP contribution in [-0.2, 0) is 6.54 Å². The first kappa shape index (κ1) is 66.1. The molecule has 0 aliphatic carbocycles. The Bertz CT molecular complexity index is 3360. The van der Waals surface area contributed by atoms with Gasteiger partial charge in [0.2, 0.25) is 5.06 Å².